The zero-order chi connectivity index (χ0) is 20.2. The summed E-state index contributed by atoms with van der Waals surface area (Å²) in [5, 5.41) is 3.55. The molecule has 1 heterocycles. The molecule has 0 atom stereocenters. The molecule has 0 unspecified atom stereocenters. The molecule has 0 N–H and O–H groups in total. The van der Waals surface area contributed by atoms with Crippen LogP contribution in [-0.2, 0) is 10.5 Å². The van der Waals surface area contributed by atoms with Gasteiger partial charge in [0.15, 0.2) is 6.29 Å². The fraction of sp³-hybridized carbons (Fsp3) is 0.167. The molecule has 0 aliphatic heterocycles. The number of rotatable bonds is 7. The number of benzene rings is 3. The van der Waals surface area contributed by atoms with Gasteiger partial charge in [0.25, 0.3) is 0 Å². The van der Waals surface area contributed by atoms with Gasteiger partial charge in [-0.15, -0.1) is 23.1 Å². The number of ether oxygens (including phenoxy) is 1. The minimum atomic E-state index is 0.0876. The third-order valence-electron chi connectivity index (χ3n) is 4.74. The first kappa shape index (κ1) is 19.7. The minimum Gasteiger partial charge on any atom is -0.486 e. The Bertz CT molecular complexity index is 1160. The Hall–Kier alpha value is -2.63. The number of aromatic nitrogens is 1. The van der Waals surface area contributed by atoms with E-state index in [1.54, 1.807) is 23.1 Å². The van der Waals surface area contributed by atoms with Crippen LogP contribution in [0.5, 0.6) is 5.75 Å². The van der Waals surface area contributed by atoms with Crippen LogP contribution in [0.2, 0.25) is 0 Å². The highest BCUT2D eigenvalue weighted by atomic mass is 32.2. The van der Waals surface area contributed by atoms with Crippen LogP contribution in [-0.4, -0.2) is 17.9 Å². The second-order valence-electron chi connectivity index (χ2n) is 6.75. The third kappa shape index (κ3) is 4.36. The molecule has 0 radical (unpaired) electrons. The summed E-state index contributed by atoms with van der Waals surface area (Å²) >= 11 is 3.56. The lowest BCUT2D eigenvalue weighted by Gasteiger charge is -2.08. The van der Waals surface area contributed by atoms with Crippen molar-refractivity contribution in [2.45, 2.75) is 24.5 Å². The summed E-state index contributed by atoms with van der Waals surface area (Å²) in [6.45, 7) is 4.17. The molecule has 4 rings (SSSR count). The number of thioether (sulfide) groups is 1. The second kappa shape index (κ2) is 8.80. The predicted molar refractivity (Wildman–Crippen MR) is 122 cm³/mol. The Balaban J connectivity index is 1.53. The van der Waals surface area contributed by atoms with Crippen LogP contribution >= 0.6 is 23.1 Å². The van der Waals surface area contributed by atoms with Gasteiger partial charge in [0, 0.05) is 21.1 Å². The first-order chi connectivity index (χ1) is 14.2. The molecule has 3 aromatic carbocycles. The maximum atomic E-state index is 10.5. The van der Waals surface area contributed by atoms with Crippen LogP contribution in [0, 0.1) is 13.8 Å². The van der Waals surface area contributed by atoms with Crippen molar-refractivity contribution >= 4 is 40.2 Å². The van der Waals surface area contributed by atoms with E-state index in [2.05, 4.69) is 55.5 Å². The van der Waals surface area contributed by atoms with Crippen molar-refractivity contribution < 1.29 is 9.53 Å². The van der Waals surface area contributed by atoms with E-state index in [1.807, 2.05) is 19.1 Å². The molecule has 1 aromatic heterocycles. The van der Waals surface area contributed by atoms with E-state index in [4.69, 9.17) is 9.72 Å². The molecule has 0 spiro atoms. The summed E-state index contributed by atoms with van der Waals surface area (Å²) in [6, 6.07) is 20.9. The number of carbonyl (C=O) groups excluding carboxylic acids is 1. The maximum Gasteiger partial charge on any atom is 0.157 e. The van der Waals surface area contributed by atoms with Crippen molar-refractivity contribution in [3.05, 3.63) is 76.8 Å². The van der Waals surface area contributed by atoms with Crippen molar-refractivity contribution in [2.75, 3.05) is 6.61 Å². The van der Waals surface area contributed by atoms with Gasteiger partial charge >= 0.3 is 0 Å². The molecule has 146 valence electrons. The molecule has 4 aromatic rings. The number of hydrogen-bond acceptors (Lipinski definition) is 5. The molecule has 5 heteroatoms. The largest absolute Gasteiger partial charge is 0.486 e. The van der Waals surface area contributed by atoms with Crippen LogP contribution in [0.4, 0.5) is 0 Å². The molecule has 0 fully saturated rings. The maximum absolute atomic E-state index is 10.5. The number of aldehydes is 1. The fourth-order valence-corrected chi connectivity index (χ4v) is 5.48. The Labute approximate surface area is 178 Å². The average Bonchev–Trinajstić information content (AvgIpc) is 3.11. The van der Waals surface area contributed by atoms with Crippen LogP contribution in [0.15, 0.2) is 65.6 Å². The Morgan fingerprint density at radius 3 is 2.72 bits per heavy atom. The molecule has 0 aliphatic rings. The van der Waals surface area contributed by atoms with Crippen molar-refractivity contribution in [1.29, 1.82) is 0 Å². The van der Waals surface area contributed by atoms with Crippen molar-refractivity contribution in [3.63, 3.8) is 0 Å². The van der Waals surface area contributed by atoms with Crippen molar-refractivity contribution in [2.24, 2.45) is 0 Å². The Kier molecular flexibility index (Phi) is 5.97. The van der Waals surface area contributed by atoms with Gasteiger partial charge in [0.05, 0.1) is 5.69 Å². The number of hydrogen-bond donors (Lipinski definition) is 0. The predicted octanol–water partition coefficient (Wildman–Crippen LogP) is 6.45. The van der Waals surface area contributed by atoms with E-state index < -0.39 is 0 Å². The van der Waals surface area contributed by atoms with Crippen molar-refractivity contribution in [3.8, 4) is 16.3 Å². The van der Waals surface area contributed by atoms with Crippen LogP contribution in [0.1, 0.15) is 16.1 Å². The zero-order valence-corrected chi connectivity index (χ0v) is 18.0. The fourth-order valence-electron chi connectivity index (χ4n) is 3.24. The number of fused-ring (bicyclic) bond motifs is 1. The Morgan fingerprint density at radius 1 is 1.07 bits per heavy atom. The van der Waals surface area contributed by atoms with Crippen LogP contribution in [0.25, 0.3) is 21.3 Å². The number of nitrogens with zero attached hydrogens (tertiary/aromatic N) is 1. The summed E-state index contributed by atoms with van der Waals surface area (Å²) in [5.41, 5.74) is 3.32. The molecule has 0 aliphatic carbocycles. The van der Waals surface area contributed by atoms with Gasteiger partial charge in [0.1, 0.15) is 17.4 Å². The summed E-state index contributed by atoms with van der Waals surface area (Å²) in [7, 11) is 0. The van der Waals surface area contributed by atoms with E-state index in [9.17, 15) is 4.79 Å². The summed E-state index contributed by atoms with van der Waals surface area (Å²) < 4.78 is 5.43. The lowest BCUT2D eigenvalue weighted by molar-refractivity contribution is -0.109. The van der Waals surface area contributed by atoms with Gasteiger partial charge in [-0.05, 0) is 48.4 Å². The Morgan fingerprint density at radius 2 is 1.90 bits per heavy atom. The van der Waals surface area contributed by atoms with Gasteiger partial charge < -0.3 is 4.74 Å². The lowest BCUT2D eigenvalue weighted by Crippen LogP contribution is -1.99. The SMILES string of the molecule is Cc1cc(SCc2sc(-c3cccc4ccccc34)nc2C)ccc1OCC=O. The van der Waals surface area contributed by atoms with E-state index in [0.717, 1.165) is 34.1 Å². The quantitative estimate of drug-likeness (QED) is 0.255. The molecule has 0 saturated heterocycles. The lowest BCUT2D eigenvalue weighted by atomic mass is 10.1. The van der Waals surface area contributed by atoms with E-state index >= 15 is 0 Å². The standard InChI is InChI=1S/C24H21NO2S2/c1-16-14-19(10-11-22(16)27-13-12-26)28-15-23-17(2)25-24(29-23)21-9-5-7-18-6-3-4-8-20(18)21/h3-12,14H,13,15H2,1-2H3. The molecule has 0 amide bonds. The molecule has 3 nitrogen and oxygen atoms in total. The topological polar surface area (TPSA) is 39.2 Å². The third-order valence-corrected chi connectivity index (χ3v) is 7.13. The smallest absolute Gasteiger partial charge is 0.157 e. The van der Waals surface area contributed by atoms with Crippen LogP contribution < -0.4 is 4.74 Å². The van der Waals surface area contributed by atoms with Gasteiger partial charge in [-0.1, -0.05) is 42.5 Å². The molecular formula is C24H21NO2S2. The average molecular weight is 420 g/mol. The van der Waals surface area contributed by atoms with Gasteiger partial charge in [0.2, 0.25) is 0 Å². The highest BCUT2D eigenvalue weighted by Gasteiger charge is 2.12. The zero-order valence-electron chi connectivity index (χ0n) is 16.3. The van der Waals surface area contributed by atoms with Gasteiger partial charge in [-0.2, -0.15) is 0 Å². The monoisotopic (exact) mass is 419 g/mol. The summed E-state index contributed by atoms with van der Waals surface area (Å²) in [4.78, 5) is 17.8. The van der Waals surface area contributed by atoms with E-state index in [0.29, 0.717) is 0 Å². The van der Waals surface area contributed by atoms with Crippen LogP contribution in [0.3, 0.4) is 0 Å². The molecule has 0 bridgehead atoms. The van der Waals surface area contributed by atoms with E-state index in [-0.39, 0.29) is 6.61 Å². The highest BCUT2D eigenvalue weighted by Crippen LogP contribution is 2.36. The van der Waals surface area contributed by atoms with Crippen molar-refractivity contribution in [1.82, 2.24) is 4.98 Å². The number of aryl methyl sites for hydroxylation is 2. The first-order valence-corrected chi connectivity index (χ1v) is 11.2. The summed E-state index contributed by atoms with van der Waals surface area (Å²) in [5.74, 6) is 1.64. The van der Waals surface area contributed by atoms with Gasteiger partial charge in [-0.25, -0.2) is 4.98 Å². The first-order valence-electron chi connectivity index (χ1n) is 9.40. The molecule has 29 heavy (non-hydrogen) atoms. The molecular weight excluding hydrogens is 398 g/mol. The number of thiazole rings is 1. The molecule has 0 saturated carbocycles. The summed E-state index contributed by atoms with van der Waals surface area (Å²) in [6.07, 6.45) is 0.766. The highest BCUT2D eigenvalue weighted by molar-refractivity contribution is 7.98. The normalized spacial score (nSPS) is 11.0. The van der Waals surface area contributed by atoms with Gasteiger partial charge in [-0.3, -0.25) is 4.79 Å². The van der Waals surface area contributed by atoms with E-state index in [1.165, 1.54) is 26.1 Å². The second-order valence-corrected chi connectivity index (χ2v) is 8.88. The number of carbonyl (C=O) groups is 1. The minimum absolute atomic E-state index is 0.0876.